The number of aliphatic hydroxyl groups is 1. The van der Waals surface area contributed by atoms with Gasteiger partial charge in [-0.05, 0) is 72.8 Å². The van der Waals surface area contributed by atoms with E-state index < -0.39 is 13.7 Å². The molecule has 0 aliphatic carbocycles. The number of hydrogen-bond donors (Lipinski definition) is 1. The molecule has 8 rings (SSSR count). The van der Waals surface area contributed by atoms with Crippen molar-refractivity contribution >= 4 is 42.1 Å². The highest BCUT2D eigenvalue weighted by Gasteiger charge is 2.66. The normalized spacial score (nSPS) is 23.1. The number of aryl methyl sites for hydroxylation is 1. The molecule has 4 aromatic carbocycles. The van der Waals surface area contributed by atoms with Gasteiger partial charge in [0.1, 0.15) is 5.75 Å². The van der Waals surface area contributed by atoms with Crippen LogP contribution in [0.2, 0.25) is 18.6 Å². The summed E-state index contributed by atoms with van der Waals surface area (Å²) in [6.45, 7) is 8.06. The van der Waals surface area contributed by atoms with E-state index in [-0.39, 0.29) is 41.9 Å². The summed E-state index contributed by atoms with van der Waals surface area (Å²) in [7, 11) is -0.738. The Morgan fingerprint density at radius 3 is 2.35 bits per heavy atom. The number of anilines is 3. The van der Waals surface area contributed by atoms with Crippen LogP contribution in [0.4, 0.5) is 17.1 Å². The third kappa shape index (κ3) is 6.99. The lowest BCUT2D eigenvalue weighted by Gasteiger charge is -2.37. The minimum absolute atomic E-state index is 0.0166. The Balaban J connectivity index is 1.21. The number of benzene rings is 4. The van der Waals surface area contributed by atoms with Crippen LogP contribution in [-0.2, 0) is 26.5 Å². The summed E-state index contributed by atoms with van der Waals surface area (Å²) < 4.78 is 14.9. The van der Waals surface area contributed by atoms with Crippen molar-refractivity contribution in [1.29, 1.82) is 0 Å². The van der Waals surface area contributed by atoms with E-state index in [9.17, 15) is 9.90 Å². The molecule has 11 heteroatoms. The average Bonchev–Trinajstić information content (AvgIpc) is 3.89. The van der Waals surface area contributed by atoms with Gasteiger partial charge in [0.15, 0.2) is 5.60 Å². The smallest absolute Gasteiger partial charge is 0.268 e. The first-order valence-electron chi connectivity index (χ1n) is 20.4. The summed E-state index contributed by atoms with van der Waals surface area (Å²) >= 11 is 0. The van der Waals surface area contributed by atoms with Gasteiger partial charge >= 0.3 is 0 Å². The number of hydrogen-bond acceptors (Lipinski definition) is 7. The van der Waals surface area contributed by atoms with Gasteiger partial charge in [-0.15, -0.1) is 5.10 Å². The number of carbonyl (C=O) groups excluding carboxylic acids is 2. The fraction of sp³-hybridized carbons (Fsp3) is 0.391. The third-order valence-corrected chi connectivity index (χ3v) is 17.2. The Morgan fingerprint density at radius 1 is 0.912 bits per heavy atom. The molecule has 1 unspecified atom stereocenters. The molecular formula is C46H53N5O5Si. The van der Waals surface area contributed by atoms with Crippen LogP contribution in [0.1, 0.15) is 68.2 Å². The second kappa shape index (κ2) is 16.0. The Morgan fingerprint density at radius 2 is 1.63 bits per heavy atom. The van der Waals surface area contributed by atoms with Crippen LogP contribution in [0.3, 0.4) is 0 Å². The number of ether oxygens (including phenoxy) is 2. The summed E-state index contributed by atoms with van der Waals surface area (Å²) in [5.41, 5.74) is 3.62. The molecule has 2 amide bonds. The molecule has 3 aliphatic heterocycles. The van der Waals surface area contributed by atoms with Crippen molar-refractivity contribution in [2.24, 2.45) is 5.92 Å². The molecule has 5 atom stereocenters. The van der Waals surface area contributed by atoms with Gasteiger partial charge < -0.3 is 19.5 Å². The Labute approximate surface area is 336 Å². The topological polar surface area (TPSA) is 110 Å². The highest BCUT2D eigenvalue weighted by atomic mass is 28.3. The van der Waals surface area contributed by atoms with E-state index in [0.717, 1.165) is 59.6 Å². The van der Waals surface area contributed by atoms with Crippen LogP contribution in [0.15, 0.2) is 109 Å². The van der Waals surface area contributed by atoms with Crippen LogP contribution in [0.25, 0.3) is 0 Å². The number of methoxy groups -OCH3 is 1. The summed E-state index contributed by atoms with van der Waals surface area (Å²) in [5.74, 6) is 0.325. The van der Waals surface area contributed by atoms with Gasteiger partial charge in [-0.1, -0.05) is 104 Å². The Bertz CT molecular complexity index is 2200. The Hall–Kier alpha value is -5.10. The van der Waals surface area contributed by atoms with Crippen LogP contribution >= 0.6 is 0 Å². The fourth-order valence-corrected chi connectivity index (χ4v) is 13.9. The molecule has 296 valence electrons. The maximum Gasteiger partial charge on any atom is 0.268 e. The van der Waals surface area contributed by atoms with E-state index in [1.165, 1.54) is 5.19 Å². The quantitative estimate of drug-likeness (QED) is 0.137. The highest BCUT2D eigenvalue weighted by molar-refractivity contribution is 6.91. The van der Waals surface area contributed by atoms with Crippen LogP contribution in [-0.4, -0.2) is 66.4 Å². The largest absolute Gasteiger partial charge is 0.497 e. The SMILES string of the molecule is COc1ccc([Si](C)(C)[C@@H]2[C@@H](CCn3cc(C(CO)c4ccccc4)nn3)O[C@]3(C(=O)N(c4ccccc4)c4ccc(N5CCCCCCC5=O)cc43)[C@H]2C)cc1. The summed E-state index contributed by atoms with van der Waals surface area (Å²) in [6.07, 6.45) is 6.72. The number of aliphatic hydroxyl groups excluding tert-OH is 1. The molecule has 1 N–H and O–H groups in total. The molecule has 3 aliphatic rings. The summed E-state index contributed by atoms with van der Waals surface area (Å²) in [4.78, 5) is 32.8. The van der Waals surface area contributed by atoms with Gasteiger partial charge in [-0.25, -0.2) is 0 Å². The predicted octanol–water partition coefficient (Wildman–Crippen LogP) is 7.69. The standard InChI is InChI=1S/C46H53N5O5Si/c1-32-44(57(3,4)37-23-21-36(55-2)22-24-37)42(26-28-49-30-40(47-48-49)38(31-52)33-15-9-7-10-16-33)56-46(32)39-29-35(50-27-14-6-5-13-19-43(50)53)20-25-41(39)51(45(46)54)34-17-11-8-12-18-34/h7-12,15-18,20-25,29-30,32,38,42,44,52H,5-6,13-14,19,26-28,31H2,1-4H3/t32-,38?,42+,44-,46+/m0/s1. The van der Waals surface area contributed by atoms with E-state index in [1.54, 1.807) is 7.11 Å². The number of nitrogens with zero attached hydrogens (tertiary/aromatic N) is 5. The molecule has 1 aromatic heterocycles. The van der Waals surface area contributed by atoms with Crippen molar-refractivity contribution in [2.45, 2.75) is 88.3 Å². The first kappa shape index (κ1) is 38.8. The summed E-state index contributed by atoms with van der Waals surface area (Å²) in [6, 6.07) is 34.2. The number of rotatable bonds is 11. The summed E-state index contributed by atoms with van der Waals surface area (Å²) in [5, 5.41) is 20.6. The van der Waals surface area contributed by atoms with E-state index in [1.807, 2.05) is 106 Å². The number of para-hydroxylation sites is 1. The molecule has 10 nitrogen and oxygen atoms in total. The molecule has 4 heterocycles. The fourth-order valence-electron chi connectivity index (χ4n) is 9.83. The zero-order chi connectivity index (χ0) is 39.7. The van der Waals surface area contributed by atoms with Crippen LogP contribution < -0.4 is 19.7 Å². The van der Waals surface area contributed by atoms with Crippen LogP contribution in [0, 0.1) is 5.92 Å². The number of carbonyl (C=O) groups is 2. The van der Waals surface area contributed by atoms with Crippen molar-refractivity contribution in [3.63, 3.8) is 0 Å². The zero-order valence-electron chi connectivity index (χ0n) is 33.4. The zero-order valence-corrected chi connectivity index (χ0v) is 34.4. The molecule has 2 fully saturated rings. The van der Waals surface area contributed by atoms with E-state index in [2.05, 4.69) is 48.5 Å². The molecule has 57 heavy (non-hydrogen) atoms. The van der Waals surface area contributed by atoms with Gasteiger partial charge in [0.05, 0.1) is 45.2 Å². The number of aromatic nitrogens is 3. The molecule has 1 spiro atoms. The van der Waals surface area contributed by atoms with Gasteiger partial charge in [-0.3, -0.25) is 19.2 Å². The lowest BCUT2D eigenvalue weighted by Crippen LogP contribution is -2.51. The van der Waals surface area contributed by atoms with Crippen molar-refractivity contribution < 1.29 is 24.2 Å². The highest BCUT2D eigenvalue weighted by Crippen LogP contribution is 2.61. The van der Waals surface area contributed by atoms with E-state index >= 15 is 4.79 Å². The molecule has 0 saturated carbocycles. The monoisotopic (exact) mass is 783 g/mol. The van der Waals surface area contributed by atoms with Crippen molar-refractivity contribution in [1.82, 2.24) is 15.0 Å². The third-order valence-electron chi connectivity index (χ3n) is 12.8. The van der Waals surface area contributed by atoms with Gasteiger partial charge in [0.2, 0.25) is 5.91 Å². The van der Waals surface area contributed by atoms with Gasteiger partial charge in [0, 0.05) is 48.6 Å². The molecule has 5 aromatic rings. The second-order valence-corrected chi connectivity index (χ2v) is 21.1. The first-order chi connectivity index (χ1) is 27.7. The van der Waals surface area contributed by atoms with Gasteiger partial charge in [-0.2, -0.15) is 0 Å². The number of amides is 2. The molecule has 2 saturated heterocycles. The Kier molecular flexibility index (Phi) is 10.9. The molecular weight excluding hydrogens is 731 g/mol. The first-order valence-corrected chi connectivity index (χ1v) is 23.5. The van der Waals surface area contributed by atoms with E-state index in [0.29, 0.717) is 31.6 Å². The van der Waals surface area contributed by atoms with Crippen LogP contribution in [0.5, 0.6) is 5.75 Å². The lowest BCUT2D eigenvalue weighted by molar-refractivity contribution is -0.145. The second-order valence-electron chi connectivity index (χ2n) is 16.4. The maximum absolute atomic E-state index is 15.5. The van der Waals surface area contributed by atoms with E-state index in [4.69, 9.17) is 9.47 Å². The average molecular weight is 784 g/mol. The number of fused-ring (bicyclic) bond motifs is 2. The molecule has 0 radical (unpaired) electrons. The molecule has 0 bridgehead atoms. The van der Waals surface area contributed by atoms with Gasteiger partial charge in [0.25, 0.3) is 5.91 Å². The van der Waals surface area contributed by atoms with Crippen molar-refractivity contribution in [2.75, 3.05) is 30.1 Å². The predicted molar refractivity (Wildman–Crippen MR) is 225 cm³/mol. The minimum Gasteiger partial charge on any atom is -0.497 e. The van der Waals surface area contributed by atoms with Crippen molar-refractivity contribution in [3.05, 3.63) is 126 Å². The lowest BCUT2D eigenvalue weighted by atomic mass is 9.82. The van der Waals surface area contributed by atoms with Crippen molar-refractivity contribution in [3.8, 4) is 5.75 Å². The maximum atomic E-state index is 15.5. The minimum atomic E-state index is -2.42.